The van der Waals surface area contributed by atoms with Crippen LogP contribution in [0.4, 0.5) is 0 Å². The van der Waals surface area contributed by atoms with Crippen LogP contribution in [0.15, 0.2) is 0 Å². The number of unbranched alkanes of at least 4 members (excludes halogenated alkanes) is 2. The summed E-state index contributed by atoms with van der Waals surface area (Å²) in [6, 6.07) is 0. The fourth-order valence-corrected chi connectivity index (χ4v) is 1.75. The van der Waals surface area contributed by atoms with Crippen molar-refractivity contribution in [1.82, 2.24) is 0 Å². The molecule has 0 saturated heterocycles. The van der Waals surface area contributed by atoms with Crippen molar-refractivity contribution < 1.29 is 19.8 Å². The Kier molecular flexibility index (Phi) is 7.60. The summed E-state index contributed by atoms with van der Waals surface area (Å²) in [5, 5.41) is 17.4. The highest BCUT2D eigenvalue weighted by atomic mass is 16.4. The number of hydrogen-bond acceptors (Lipinski definition) is 2. The van der Waals surface area contributed by atoms with Crippen molar-refractivity contribution in [3.63, 3.8) is 0 Å². The highest BCUT2D eigenvalue weighted by Crippen LogP contribution is 2.19. The van der Waals surface area contributed by atoms with Gasteiger partial charge in [-0.3, -0.25) is 9.59 Å². The van der Waals surface area contributed by atoms with E-state index in [0.717, 1.165) is 12.8 Å². The van der Waals surface area contributed by atoms with Crippen LogP contribution in [0.5, 0.6) is 0 Å². The van der Waals surface area contributed by atoms with E-state index in [9.17, 15) is 9.59 Å². The quantitative estimate of drug-likeness (QED) is 0.597. The summed E-state index contributed by atoms with van der Waals surface area (Å²) in [5.74, 6) is -1.39. The van der Waals surface area contributed by atoms with E-state index < -0.39 is 11.9 Å². The number of hydrogen-bond donors (Lipinski definition) is 2. The Balaban J connectivity index is 3.68. The van der Waals surface area contributed by atoms with Crippen molar-refractivity contribution in [2.24, 2.45) is 11.8 Å². The molecule has 0 spiro atoms. The molecule has 0 amide bonds. The molecule has 0 aliphatic rings. The SMILES string of the molecule is CC(C)CC(CCCCCC(=O)O)C(=O)O. The maximum Gasteiger partial charge on any atom is 0.306 e. The molecule has 1 atom stereocenters. The minimum absolute atomic E-state index is 0.182. The molecule has 0 rings (SSSR count). The average Bonchev–Trinajstić information content (AvgIpc) is 2.14. The highest BCUT2D eigenvalue weighted by molar-refractivity contribution is 5.69. The molecule has 0 aromatic heterocycles. The lowest BCUT2D eigenvalue weighted by Gasteiger charge is -2.14. The van der Waals surface area contributed by atoms with Crippen LogP contribution in [0.3, 0.4) is 0 Å². The summed E-state index contributed by atoms with van der Waals surface area (Å²) in [5.41, 5.74) is 0. The summed E-state index contributed by atoms with van der Waals surface area (Å²) in [7, 11) is 0. The minimum Gasteiger partial charge on any atom is -0.481 e. The Labute approximate surface area is 96.7 Å². The lowest BCUT2D eigenvalue weighted by Crippen LogP contribution is -2.15. The van der Waals surface area contributed by atoms with Crippen molar-refractivity contribution >= 4 is 11.9 Å². The lowest BCUT2D eigenvalue weighted by molar-refractivity contribution is -0.142. The molecule has 0 aromatic carbocycles. The molecule has 4 heteroatoms. The number of aliphatic carboxylic acids is 2. The third-order valence-corrected chi connectivity index (χ3v) is 2.55. The zero-order valence-electron chi connectivity index (χ0n) is 10.1. The largest absolute Gasteiger partial charge is 0.481 e. The van der Waals surface area contributed by atoms with Crippen LogP contribution in [0, 0.1) is 11.8 Å². The van der Waals surface area contributed by atoms with Crippen LogP contribution < -0.4 is 0 Å². The number of rotatable bonds is 9. The van der Waals surface area contributed by atoms with Gasteiger partial charge in [0.1, 0.15) is 0 Å². The van der Waals surface area contributed by atoms with Crippen LogP contribution >= 0.6 is 0 Å². The average molecular weight is 230 g/mol. The molecule has 0 saturated carbocycles. The maximum absolute atomic E-state index is 10.9. The van der Waals surface area contributed by atoms with Crippen molar-refractivity contribution in [1.29, 1.82) is 0 Å². The topological polar surface area (TPSA) is 74.6 Å². The predicted octanol–water partition coefficient (Wildman–Crippen LogP) is 2.77. The van der Waals surface area contributed by atoms with Crippen LogP contribution in [-0.4, -0.2) is 22.2 Å². The molecule has 0 aliphatic heterocycles. The molecule has 4 nitrogen and oxygen atoms in total. The molecule has 94 valence electrons. The first-order chi connectivity index (χ1) is 7.43. The molecule has 0 bridgehead atoms. The second kappa shape index (κ2) is 8.13. The molecule has 0 aliphatic carbocycles. The first-order valence-electron chi connectivity index (χ1n) is 5.88. The van der Waals surface area contributed by atoms with Gasteiger partial charge in [0.25, 0.3) is 0 Å². The van der Waals surface area contributed by atoms with Crippen LogP contribution in [-0.2, 0) is 9.59 Å². The fourth-order valence-electron chi connectivity index (χ4n) is 1.75. The van der Waals surface area contributed by atoms with E-state index >= 15 is 0 Å². The van der Waals surface area contributed by atoms with E-state index in [0.29, 0.717) is 25.2 Å². The van der Waals surface area contributed by atoms with E-state index in [1.54, 1.807) is 0 Å². The number of carboxylic acids is 2. The molecule has 0 heterocycles. The summed E-state index contributed by atoms with van der Waals surface area (Å²) < 4.78 is 0. The van der Waals surface area contributed by atoms with Gasteiger partial charge in [0.15, 0.2) is 0 Å². The molecule has 0 radical (unpaired) electrons. The van der Waals surface area contributed by atoms with Crippen molar-refractivity contribution in [3.05, 3.63) is 0 Å². The van der Waals surface area contributed by atoms with Crippen molar-refractivity contribution in [2.45, 2.75) is 52.4 Å². The lowest BCUT2D eigenvalue weighted by atomic mass is 9.92. The zero-order chi connectivity index (χ0) is 12.6. The molecule has 1 unspecified atom stereocenters. The molecule has 2 N–H and O–H groups in total. The Morgan fingerprint density at radius 3 is 2.12 bits per heavy atom. The zero-order valence-corrected chi connectivity index (χ0v) is 10.1. The summed E-state index contributed by atoms with van der Waals surface area (Å²) in [6.07, 6.45) is 3.79. The third-order valence-electron chi connectivity index (χ3n) is 2.55. The summed E-state index contributed by atoms with van der Waals surface area (Å²) in [4.78, 5) is 21.2. The van der Waals surface area contributed by atoms with Gasteiger partial charge in [-0.15, -0.1) is 0 Å². The monoisotopic (exact) mass is 230 g/mol. The van der Waals surface area contributed by atoms with E-state index in [1.165, 1.54) is 0 Å². The van der Waals surface area contributed by atoms with Gasteiger partial charge in [0.05, 0.1) is 5.92 Å². The van der Waals surface area contributed by atoms with Gasteiger partial charge in [0, 0.05) is 6.42 Å². The predicted molar refractivity (Wildman–Crippen MR) is 61.3 cm³/mol. The van der Waals surface area contributed by atoms with E-state index in [1.807, 2.05) is 13.8 Å². The Morgan fingerprint density at radius 2 is 1.69 bits per heavy atom. The molecule has 0 aromatic rings. The van der Waals surface area contributed by atoms with Crippen molar-refractivity contribution in [3.8, 4) is 0 Å². The van der Waals surface area contributed by atoms with Gasteiger partial charge >= 0.3 is 11.9 Å². The van der Waals surface area contributed by atoms with Gasteiger partial charge in [-0.25, -0.2) is 0 Å². The Bertz CT molecular complexity index is 223. The van der Waals surface area contributed by atoms with Gasteiger partial charge in [0.2, 0.25) is 0 Å². The second-order valence-electron chi connectivity index (χ2n) is 4.66. The Hall–Kier alpha value is -1.06. The van der Waals surface area contributed by atoms with Crippen molar-refractivity contribution in [2.75, 3.05) is 0 Å². The summed E-state index contributed by atoms with van der Waals surface area (Å²) >= 11 is 0. The Morgan fingerprint density at radius 1 is 1.06 bits per heavy atom. The van der Waals surface area contributed by atoms with Crippen LogP contribution in [0.1, 0.15) is 52.4 Å². The third kappa shape index (κ3) is 8.26. The van der Waals surface area contributed by atoms with Crippen LogP contribution in [0.2, 0.25) is 0 Å². The van der Waals surface area contributed by atoms with E-state index in [-0.39, 0.29) is 12.3 Å². The van der Waals surface area contributed by atoms with E-state index in [2.05, 4.69) is 0 Å². The summed E-state index contributed by atoms with van der Waals surface area (Å²) in [6.45, 7) is 4.03. The van der Waals surface area contributed by atoms with Gasteiger partial charge < -0.3 is 10.2 Å². The fraction of sp³-hybridized carbons (Fsp3) is 0.833. The normalized spacial score (nSPS) is 12.7. The maximum atomic E-state index is 10.9. The van der Waals surface area contributed by atoms with Gasteiger partial charge in [-0.2, -0.15) is 0 Å². The van der Waals surface area contributed by atoms with Crippen LogP contribution in [0.25, 0.3) is 0 Å². The highest BCUT2D eigenvalue weighted by Gasteiger charge is 2.17. The van der Waals surface area contributed by atoms with Gasteiger partial charge in [-0.1, -0.05) is 26.7 Å². The number of carbonyl (C=O) groups is 2. The van der Waals surface area contributed by atoms with Gasteiger partial charge in [-0.05, 0) is 25.2 Å². The smallest absolute Gasteiger partial charge is 0.306 e. The first kappa shape index (κ1) is 14.9. The molecule has 0 fully saturated rings. The molecule has 16 heavy (non-hydrogen) atoms. The molecular formula is C12H22O4. The molecular weight excluding hydrogens is 208 g/mol. The number of carboxylic acid groups (broad SMARTS) is 2. The second-order valence-corrected chi connectivity index (χ2v) is 4.66. The standard InChI is InChI=1S/C12H22O4/c1-9(2)8-10(12(15)16)6-4-3-5-7-11(13)14/h9-10H,3-8H2,1-2H3,(H,13,14)(H,15,16). The minimum atomic E-state index is -0.781. The van der Waals surface area contributed by atoms with E-state index in [4.69, 9.17) is 10.2 Å². The first-order valence-corrected chi connectivity index (χ1v) is 5.88.